The molecule has 9 nitrogen and oxygen atoms in total. The Morgan fingerprint density at radius 2 is 1.75 bits per heavy atom. The van der Waals surface area contributed by atoms with E-state index in [9.17, 15) is 30.6 Å². The van der Waals surface area contributed by atoms with E-state index in [2.05, 4.69) is 0 Å². The van der Waals surface area contributed by atoms with E-state index in [1.54, 1.807) is 6.08 Å². The average Bonchev–Trinajstić information content (AvgIpc) is 2.92. The second-order valence-electron chi connectivity index (χ2n) is 6.16. The van der Waals surface area contributed by atoms with Crippen LogP contribution in [-0.4, -0.2) is 87.0 Å². The molecule has 1 aliphatic carbocycles. The van der Waals surface area contributed by atoms with Crippen molar-refractivity contribution in [3.05, 3.63) is 24.0 Å². The van der Waals surface area contributed by atoms with Crippen molar-refractivity contribution in [1.29, 1.82) is 0 Å². The molecule has 9 heteroatoms. The van der Waals surface area contributed by atoms with Crippen molar-refractivity contribution in [2.45, 2.75) is 43.1 Å². The van der Waals surface area contributed by atoms with Gasteiger partial charge in [0, 0.05) is 5.92 Å². The molecular formula is C15H22O9. The van der Waals surface area contributed by atoms with Gasteiger partial charge in [0.2, 0.25) is 6.29 Å². The Balaban J connectivity index is 1.75. The fraction of sp³-hybridized carbons (Fsp3) is 0.733. The Labute approximate surface area is 138 Å². The topological polar surface area (TPSA) is 149 Å². The lowest BCUT2D eigenvalue weighted by molar-refractivity contribution is -0.339. The predicted octanol–water partition coefficient (Wildman–Crippen LogP) is -2.80. The quantitative estimate of drug-likeness (QED) is 0.297. The molecule has 0 saturated carbocycles. The van der Waals surface area contributed by atoms with Gasteiger partial charge < -0.3 is 44.8 Å². The van der Waals surface area contributed by atoms with Crippen LogP contribution in [0.15, 0.2) is 24.0 Å². The minimum atomic E-state index is -1.56. The van der Waals surface area contributed by atoms with Gasteiger partial charge in [-0.3, -0.25) is 0 Å². The highest BCUT2D eigenvalue weighted by molar-refractivity contribution is 5.25. The lowest BCUT2D eigenvalue weighted by atomic mass is 9.88. The van der Waals surface area contributed by atoms with E-state index < -0.39 is 55.6 Å². The van der Waals surface area contributed by atoms with Crippen molar-refractivity contribution in [1.82, 2.24) is 0 Å². The maximum atomic E-state index is 10.0. The molecule has 9 atom stereocenters. The first-order chi connectivity index (χ1) is 11.5. The standard InChI is InChI=1S/C15H22O9/c16-4-6-3-8(18)7-1-2-22-14(10(6)7)24-15-13(21)12(20)11(19)9(5-17)23-15/h1-3,7-21H,4-5H2/t7?,8-,9?,10?,11?,12?,13?,14+,15?/m1/s1. The van der Waals surface area contributed by atoms with Crippen molar-refractivity contribution in [3.63, 3.8) is 0 Å². The summed E-state index contributed by atoms with van der Waals surface area (Å²) in [7, 11) is 0. The number of aliphatic hydroxyl groups is 6. The van der Waals surface area contributed by atoms with E-state index in [0.717, 1.165) is 0 Å². The van der Waals surface area contributed by atoms with Gasteiger partial charge in [-0.1, -0.05) is 6.08 Å². The highest BCUT2D eigenvalue weighted by Gasteiger charge is 2.49. The number of rotatable bonds is 4. The van der Waals surface area contributed by atoms with Crippen LogP contribution < -0.4 is 0 Å². The van der Waals surface area contributed by atoms with Crippen LogP contribution in [0.2, 0.25) is 0 Å². The molecule has 0 aromatic carbocycles. The van der Waals surface area contributed by atoms with E-state index in [4.69, 9.17) is 14.2 Å². The van der Waals surface area contributed by atoms with Crippen LogP contribution in [0.5, 0.6) is 0 Å². The third-order valence-electron chi connectivity index (χ3n) is 4.73. The number of aliphatic hydroxyl groups excluding tert-OH is 6. The molecule has 6 N–H and O–H groups in total. The van der Waals surface area contributed by atoms with E-state index in [-0.39, 0.29) is 12.5 Å². The van der Waals surface area contributed by atoms with Crippen molar-refractivity contribution in [2.24, 2.45) is 11.8 Å². The summed E-state index contributed by atoms with van der Waals surface area (Å²) in [6.07, 6.45) is -4.27. The maximum Gasteiger partial charge on any atom is 0.209 e. The Kier molecular flexibility index (Phi) is 5.23. The Morgan fingerprint density at radius 1 is 1.00 bits per heavy atom. The highest BCUT2D eigenvalue weighted by atomic mass is 16.8. The largest absolute Gasteiger partial charge is 0.472 e. The summed E-state index contributed by atoms with van der Waals surface area (Å²) in [5.41, 5.74) is 0.534. The lowest BCUT2D eigenvalue weighted by Gasteiger charge is -2.42. The van der Waals surface area contributed by atoms with Crippen molar-refractivity contribution in [3.8, 4) is 0 Å². The molecule has 0 spiro atoms. The summed E-state index contributed by atoms with van der Waals surface area (Å²) >= 11 is 0. The molecular weight excluding hydrogens is 324 g/mol. The van der Waals surface area contributed by atoms with Gasteiger partial charge in [0.1, 0.15) is 24.4 Å². The predicted molar refractivity (Wildman–Crippen MR) is 77.0 cm³/mol. The van der Waals surface area contributed by atoms with Crippen LogP contribution in [0.1, 0.15) is 0 Å². The molecule has 1 saturated heterocycles. The van der Waals surface area contributed by atoms with Crippen LogP contribution in [0.4, 0.5) is 0 Å². The molecule has 0 aromatic heterocycles. The molecule has 2 heterocycles. The minimum Gasteiger partial charge on any atom is -0.472 e. The Hall–Kier alpha value is -1.04. The third kappa shape index (κ3) is 2.98. The van der Waals surface area contributed by atoms with Crippen LogP contribution >= 0.6 is 0 Å². The van der Waals surface area contributed by atoms with Crippen LogP contribution in [0.25, 0.3) is 0 Å². The minimum absolute atomic E-state index is 0.288. The molecule has 0 radical (unpaired) electrons. The first-order valence-electron chi connectivity index (χ1n) is 7.75. The van der Waals surface area contributed by atoms with Crippen LogP contribution in [0.3, 0.4) is 0 Å². The monoisotopic (exact) mass is 346 g/mol. The lowest BCUT2D eigenvalue weighted by Crippen LogP contribution is -2.60. The molecule has 3 aliphatic rings. The van der Waals surface area contributed by atoms with E-state index >= 15 is 0 Å². The molecule has 1 fully saturated rings. The summed E-state index contributed by atoms with van der Waals surface area (Å²) in [5.74, 6) is -0.835. The number of fused-ring (bicyclic) bond motifs is 1. The maximum absolute atomic E-state index is 10.0. The van der Waals surface area contributed by atoms with Gasteiger partial charge in [-0.2, -0.15) is 0 Å². The van der Waals surface area contributed by atoms with Crippen molar-refractivity contribution in [2.75, 3.05) is 13.2 Å². The zero-order valence-corrected chi connectivity index (χ0v) is 12.8. The summed E-state index contributed by atoms with van der Waals surface area (Å²) in [5, 5.41) is 58.3. The average molecular weight is 346 g/mol. The van der Waals surface area contributed by atoms with Crippen molar-refractivity contribution >= 4 is 0 Å². The number of hydrogen-bond acceptors (Lipinski definition) is 9. The smallest absolute Gasteiger partial charge is 0.209 e. The second kappa shape index (κ2) is 7.06. The summed E-state index contributed by atoms with van der Waals surface area (Å²) < 4.78 is 16.3. The van der Waals surface area contributed by atoms with Gasteiger partial charge in [-0.15, -0.1) is 0 Å². The zero-order valence-electron chi connectivity index (χ0n) is 12.8. The molecule has 136 valence electrons. The van der Waals surface area contributed by atoms with Crippen LogP contribution in [0, 0.1) is 11.8 Å². The van der Waals surface area contributed by atoms with Crippen LogP contribution in [-0.2, 0) is 14.2 Å². The van der Waals surface area contributed by atoms with E-state index in [0.29, 0.717) is 5.57 Å². The fourth-order valence-corrected chi connectivity index (χ4v) is 3.38. The Morgan fingerprint density at radius 3 is 2.42 bits per heavy atom. The van der Waals surface area contributed by atoms with Gasteiger partial charge in [0.15, 0.2) is 6.29 Å². The first kappa shape index (κ1) is 17.8. The molecule has 2 aliphatic heterocycles. The molecule has 7 unspecified atom stereocenters. The summed E-state index contributed by atoms with van der Waals surface area (Å²) in [6, 6.07) is 0. The summed E-state index contributed by atoms with van der Waals surface area (Å²) in [4.78, 5) is 0. The second-order valence-corrected chi connectivity index (χ2v) is 6.16. The van der Waals surface area contributed by atoms with Gasteiger partial charge in [-0.05, 0) is 11.6 Å². The normalized spacial score (nSPS) is 47.9. The fourth-order valence-electron chi connectivity index (χ4n) is 3.38. The highest BCUT2D eigenvalue weighted by Crippen LogP contribution is 2.40. The first-order valence-corrected chi connectivity index (χ1v) is 7.75. The van der Waals surface area contributed by atoms with Crippen molar-refractivity contribution < 1.29 is 44.8 Å². The summed E-state index contributed by atoms with van der Waals surface area (Å²) in [6.45, 7) is -0.854. The SMILES string of the molecule is OCC1=C[C@@H](O)C2C=CO[C@@H](OC3OC(CO)C(O)C(O)C3O)C12. The molecule has 0 bridgehead atoms. The molecule has 0 aromatic rings. The van der Waals surface area contributed by atoms with Gasteiger partial charge in [0.25, 0.3) is 0 Å². The zero-order chi connectivity index (χ0) is 17.4. The van der Waals surface area contributed by atoms with Gasteiger partial charge in [-0.25, -0.2) is 0 Å². The third-order valence-corrected chi connectivity index (χ3v) is 4.73. The Bertz CT molecular complexity index is 505. The molecule has 0 amide bonds. The van der Waals surface area contributed by atoms with E-state index in [1.165, 1.54) is 12.3 Å². The number of ether oxygens (including phenoxy) is 3. The number of hydrogen-bond donors (Lipinski definition) is 6. The van der Waals surface area contributed by atoms with E-state index in [1.807, 2.05) is 0 Å². The molecule has 24 heavy (non-hydrogen) atoms. The van der Waals surface area contributed by atoms with Gasteiger partial charge in [0.05, 0.1) is 31.5 Å². The molecule has 3 rings (SSSR count). The van der Waals surface area contributed by atoms with Gasteiger partial charge >= 0.3 is 0 Å².